The summed E-state index contributed by atoms with van der Waals surface area (Å²) in [4.78, 5) is 0.882. The third kappa shape index (κ3) is 3.00. The minimum Gasteiger partial charge on any atom is -0.375 e. The SMILES string of the molecule is CCC1COC(C)CN1S(=O)(=O)c1ccc(CN)s1. The molecule has 2 N–H and O–H groups in total. The molecule has 2 atom stereocenters. The molecule has 1 fully saturated rings. The van der Waals surface area contributed by atoms with Crippen molar-refractivity contribution in [2.24, 2.45) is 5.73 Å². The molecule has 0 spiro atoms. The van der Waals surface area contributed by atoms with Crippen molar-refractivity contribution >= 4 is 21.4 Å². The molecular weight excluding hydrogens is 284 g/mol. The molecule has 2 heterocycles. The van der Waals surface area contributed by atoms with E-state index >= 15 is 0 Å². The topological polar surface area (TPSA) is 72.6 Å². The molecule has 5 nitrogen and oxygen atoms in total. The monoisotopic (exact) mass is 304 g/mol. The largest absolute Gasteiger partial charge is 0.375 e. The Morgan fingerprint density at radius 1 is 1.53 bits per heavy atom. The van der Waals surface area contributed by atoms with Gasteiger partial charge >= 0.3 is 0 Å². The molecule has 1 aliphatic heterocycles. The van der Waals surface area contributed by atoms with Gasteiger partial charge < -0.3 is 10.5 Å². The molecule has 1 aromatic rings. The van der Waals surface area contributed by atoms with Gasteiger partial charge in [-0.3, -0.25) is 0 Å². The zero-order valence-corrected chi connectivity index (χ0v) is 12.8. The first-order valence-electron chi connectivity index (χ1n) is 6.41. The third-order valence-electron chi connectivity index (χ3n) is 3.29. The van der Waals surface area contributed by atoms with Crippen LogP contribution >= 0.6 is 11.3 Å². The van der Waals surface area contributed by atoms with Crippen LogP contribution in [0.4, 0.5) is 0 Å². The van der Waals surface area contributed by atoms with Crippen LogP contribution in [0.25, 0.3) is 0 Å². The van der Waals surface area contributed by atoms with Crippen molar-refractivity contribution in [3.8, 4) is 0 Å². The van der Waals surface area contributed by atoms with E-state index in [0.717, 1.165) is 11.3 Å². The summed E-state index contributed by atoms with van der Waals surface area (Å²) in [5.41, 5.74) is 5.54. The maximum absolute atomic E-state index is 12.7. The summed E-state index contributed by atoms with van der Waals surface area (Å²) >= 11 is 1.25. The van der Waals surface area contributed by atoms with Crippen molar-refractivity contribution in [1.29, 1.82) is 0 Å². The highest BCUT2D eigenvalue weighted by Crippen LogP contribution is 2.28. The minimum absolute atomic E-state index is 0.0634. The van der Waals surface area contributed by atoms with Crippen molar-refractivity contribution in [3.63, 3.8) is 0 Å². The van der Waals surface area contributed by atoms with E-state index < -0.39 is 10.0 Å². The summed E-state index contributed by atoms with van der Waals surface area (Å²) in [7, 11) is -3.43. The van der Waals surface area contributed by atoms with E-state index in [1.54, 1.807) is 16.4 Å². The number of rotatable bonds is 4. The van der Waals surface area contributed by atoms with Gasteiger partial charge in [0.2, 0.25) is 0 Å². The highest BCUT2D eigenvalue weighted by molar-refractivity contribution is 7.91. The minimum atomic E-state index is -3.43. The van der Waals surface area contributed by atoms with Crippen molar-refractivity contribution < 1.29 is 13.2 Å². The molecule has 0 radical (unpaired) electrons. The highest BCUT2D eigenvalue weighted by Gasteiger charge is 2.36. The zero-order chi connectivity index (χ0) is 14.0. The van der Waals surface area contributed by atoms with Crippen LogP contribution in [0.2, 0.25) is 0 Å². The van der Waals surface area contributed by atoms with E-state index in [4.69, 9.17) is 10.5 Å². The maximum Gasteiger partial charge on any atom is 0.252 e. The van der Waals surface area contributed by atoms with Gasteiger partial charge in [-0.25, -0.2) is 8.42 Å². The first-order chi connectivity index (χ1) is 8.98. The normalized spacial score (nSPS) is 25.6. The molecule has 0 saturated carbocycles. The lowest BCUT2D eigenvalue weighted by atomic mass is 10.2. The van der Waals surface area contributed by atoms with Crippen LogP contribution in [-0.2, 0) is 21.3 Å². The van der Waals surface area contributed by atoms with Gasteiger partial charge in [0, 0.05) is 24.0 Å². The summed E-state index contributed by atoms with van der Waals surface area (Å²) < 4.78 is 32.8. The molecule has 7 heteroatoms. The van der Waals surface area contributed by atoms with Gasteiger partial charge in [0.05, 0.1) is 12.7 Å². The Labute approximate surface area is 118 Å². The van der Waals surface area contributed by atoms with Crippen LogP contribution in [-0.4, -0.2) is 38.0 Å². The predicted molar refractivity (Wildman–Crippen MR) is 75.6 cm³/mol. The fourth-order valence-electron chi connectivity index (χ4n) is 2.15. The third-order valence-corrected chi connectivity index (χ3v) is 6.78. The highest BCUT2D eigenvalue weighted by atomic mass is 32.2. The summed E-state index contributed by atoms with van der Waals surface area (Å²) in [6, 6.07) is 3.35. The van der Waals surface area contributed by atoms with E-state index in [0.29, 0.717) is 23.9 Å². The average molecular weight is 304 g/mol. The molecule has 0 bridgehead atoms. The summed E-state index contributed by atoms with van der Waals surface area (Å²) in [5.74, 6) is 0. The van der Waals surface area contributed by atoms with E-state index in [1.807, 2.05) is 13.8 Å². The van der Waals surface area contributed by atoms with Crippen molar-refractivity contribution in [3.05, 3.63) is 17.0 Å². The fourth-order valence-corrected chi connectivity index (χ4v) is 5.27. The lowest BCUT2D eigenvalue weighted by molar-refractivity contribution is -0.0229. The van der Waals surface area contributed by atoms with E-state index in [2.05, 4.69) is 0 Å². The average Bonchev–Trinajstić information content (AvgIpc) is 2.88. The molecule has 1 aliphatic rings. The number of hydrogen-bond donors (Lipinski definition) is 1. The van der Waals surface area contributed by atoms with Crippen molar-refractivity contribution in [2.45, 2.75) is 43.2 Å². The quantitative estimate of drug-likeness (QED) is 0.912. The van der Waals surface area contributed by atoms with Gasteiger partial charge in [-0.1, -0.05) is 6.92 Å². The molecular formula is C12H20N2O3S2. The van der Waals surface area contributed by atoms with Crippen molar-refractivity contribution in [2.75, 3.05) is 13.2 Å². The first-order valence-corrected chi connectivity index (χ1v) is 8.67. The molecule has 2 unspecified atom stereocenters. The number of ether oxygens (including phenoxy) is 1. The Morgan fingerprint density at radius 2 is 2.26 bits per heavy atom. The summed E-state index contributed by atoms with van der Waals surface area (Å²) in [6.07, 6.45) is 0.688. The number of hydrogen-bond acceptors (Lipinski definition) is 5. The Morgan fingerprint density at radius 3 is 2.84 bits per heavy atom. The smallest absolute Gasteiger partial charge is 0.252 e. The van der Waals surface area contributed by atoms with Crippen LogP contribution in [0.1, 0.15) is 25.1 Å². The Hall–Kier alpha value is -0.470. The predicted octanol–water partition coefficient (Wildman–Crippen LogP) is 1.39. The van der Waals surface area contributed by atoms with Crippen LogP contribution in [0.3, 0.4) is 0 Å². The molecule has 2 rings (SSSR count). The van der Waals surface area contributed by atoms with Gasteiger partial charge in [0.25, 0.3) is 10.0 Å². The number of thiophene rings is 1. The molecule has 0 aliphatic carbocycles. The van der Waals surface area contributed by atoms with E-state index in [9.17, 15) is 8.42 Å². The fraction of sp³-hybridized carbons (Fsp3) is 0.667. The zero-order valence-electron chi connectivity index (χ0n) is 11.2. The van der Waals surface area contributed by atoms with Gasteiger partial charge in [0.15, 0.2) is 0 Å². The van der Waals surface area contributed by atoms with Crippen LogP contribution in [0, 0.1) is 0 Å². The van der Waals surface area contributed by atoms with Gasteiger partial charge in [-0.2, -0.15) is 4.31 Å². The maximum atomic E-state index is 12.7. The Balaban J connectivity index is 2.30. The second-order valence-electron chi connectivity index (χ2n) is 4.71. The lowest BCUT2D eigenvalue weighted by Crippen LogP contribution is -2.50. The second-order valence-corrected chi connectivity index (χ2v) is 7.99. The first kappa shape index (κ1) is 14.9. The summed E-state index contributed by atoms with van der Waals surface area (Å²) in [5, 5.41) is 0. The lowest BCUT2D eigenvalue weighted by Gasteiger charge is -2.36. The molecule has 0 amide bonds. The molecule has 1 aromatic heterocycles. The number of morpholine rings is 1. The van der Waals surface area contributed by atoms with Crippen LogP contribution in [0.5, 0.6) is 0 Å². The van der Waals surface area contributed by atoms with Crippen LogP contribution in [0.15, 0.2) is 16.3 Å². The number of nitrogens with two attached hydrogens (primary N) is 1. The molecule has 0 aromatic carbocycles. The molecule has 108 valence electrons. The summed E-state index contributed by atoms with van der Waals surface area (Å²) in [6.45, 7) is 5.13. The Kier molecular flexibility index (Phi) is 4.62. The Bertz CT molecular complexity index is 527. The van der Waals surface area contributed by atoms with E-state index in [1.165, 1.54) is 11.3 Å². The standard InChI is InChI=1S/C12H20N2O3S2/c1-3-10-8-17-9(2)7-14(10)19(15,16)12-5-4-11(6-13)18-12/h4-5,9-10H,3,6-8,13H2,1-2H3. The molecule has 19 heavy (non-hydrogen) atoms. The second kappa shape index (κ2) is 5.88. The van der Waals surface area contributed by atoms with Crippen LogP contribution < -0.4 is 5.73 Å². The number of nitrogens with zero attached hydrogens (tertiary/aromatic N) is 1. The van der Waals surface area contributed by atoms with E-state index in [-0.39, 0.29) is 12.1 Å². The number of sulfonamides is 1. The van der Waals surface area contributed by atoms with Gasteiger partial charge in [-0.15, -0.1) is 11.3 Å². The van der Waals surface area contributed by atoms with Gasteiger partial charge in [-0.05, 0) is 25.5 Å². The van der Waals surface area contributed by atoms with Crippen molar-refractivity contribution in [1.82, 2.24) is 4.31 Å². The molecule has 1 saturated heterocycles. The van der Waals surface area contributed by atoms with Gasteiger partial charge in [0.1, 0.15) is 4.21 Å².